The van der Waals surface area contributed by atoms with Crippen LogP contribution in [0.3, 0.4) is 0 Å². The maximum Gasteiger partial charge on any atom is 0.132 e. The van der Waals surface area contributed by atoms with E-state index in [1.807, 2.05) is 13.0 Å². The third-order valence-corrected chi connectivity index (χ3v) is 2.20. The maximum atomic E-state index is 12.8. The minimum Gasteiger partial charge on any atom is -0.300 e. The third kappa shape index (κ3) is 3.69. The average Bonchev–Trinajstić information content (AvgIpc) is 2.17. The maximum absolute atomic E-state index is 12.8. The smallest absolute Gasteiger partial charge is 0.132 e. The summed E-state index contributed by atoms with van der Waals surface area (Å²) in [4.78, 5) is 11.0. The van der Waals surface area contributed by atoms with Gasteiger partial charge in [0.25, 0.3) is 0 Å². The van der Waals surface area contributed by atoms with Crippen LogP contribution in [0.1, 0.15) is 31.7 Å². The molecule has 14 heavy (non-hydrogen) atoms. The van der Waals surface area contributed by atoms with Crippen molar-refractivity contribution in [2.75, 3.05) is 0 Å². The van der Waals surface area contributed by atoms with Crippen molar-refractivity contribution in [3.63, 3.8) is 0 Å². The monoisotopic (exact) mass is 194 g/mol. The van der Waals surface area contributed by atoms with E-state index in [1.165, 1.54) is 12.1 Å². The first-order chi connectivity index (χ1) is 6.72. The van der Waals surface area contributed by atoms with Crippen LogP contribution in [0.5, 0.6) is 0 Å². The molecule has 0 radical (unpaired) electrons. The first kappa shape index (κ1) is 10.9. The Labute approximate surface area is 83.9 Å². The number of Topliss-reactive ketones (excluding diaryl/α,β-unsaturated/α-hetero) is 1. The van der Waals surface area contributed by atoms with Crippen molar-refractivity contribution >= 4 is 5.78 Å². The summed E-state index contributed by atoms with van der Waals surface area (Å²) in [5.41, 5.74) is 0.967. The Morgan fingerprint density at radius 1 is 1.43 bits per heavy atom. The fourth-order valence-corrected chi connectivity index (χ4v) is 1.36. The Morgan fingerprint density at radius 3 is 2.86 bits per heavy atom. The second kappa shape index (κ2) is 5.53. The zero-order chi connectivity index (χ0) is 10.4. The summed E-state index contributed by atoms with van der Waals surface area (Å²) in [6, 6.07) is 6.54. The molecule has 0 heterocycles. The Hall–Kier alpha value is -1.18. The summed E-state index contributed by atoms with van der Waals surface area (Å²) < 4.78 is 12.8. The van der Waals surface area contributed by atoms with Gasteiger partial charge in [0.1, 0.15) is 11.6 Å². The molecule has 0 aliphatic rings. The molecule has 0 fully saturated rings. The van der Waals surface area contributed by atoms with Crippen LogP contribution in [0.15, 0.2) is 24.3 Å². The number of rotatable bonds is 5. The molecule has 1 nitrogen and oxygen atoms in total. The van der Waals surface area contributed by atoms with Crippen molar-refractivity contribution in [2.24, 2.45) is 0 Å². The summed E-state index contributed by atoms with van der Waals surface area (Å²) >= 11 is 0. The SMILES string of the molecule is CCC(=O)CCCc1cccc(F)c1. The minimum atomic E-state index is -0.204. The molecular formula is C12H15FO. The lowest BCUT2D eigenvalue weighted by Gasteiger charge is -2.00. The van der Waals surface area contributed by atoms with E-state index >= 15 is 0 Å². The van der Waals surface area contributed by atoms with E-state index in [1.54, 1.807) is 6.07 Å². The highest BCUT2D eigenvalue weighted by Gasteiger charge is 1.99. The molecule has 0 saturated heterocycles. The van der Waals surface area contributed by atoms with E-state index < -0.39 is 0 Å². The first-order valence-electron chi connectivity index (χ1n) is 4.98. The van der Waals surface area contributed by atoms with Crippen molar-refractivity contribution < 1.29 is 9.18 Å². The van der Waals surface area contributed by atoms with Crippen LogP contribution in [0.4, 0.5) is 4.39 Å². The highest BCUT2D eigenvalue weighted by atomic mass is 19.1. The van der Waals surface area contributed by atoms with Crippen molar-refractivity contribution in [3.05, 3.63) is 35.6 Å². The summed E-state index contributed by atoms with van der Waals surface area (Å²) in [6.07, 6.45) is 2.80. The number of aryl methyl sites for hydroxylation is 1. The van der Waals surface area contributed by atoms with E-state index in [2.05, 4.69) is 0 Å². The van der Waals surface area contributed by atoms with Gasteiger partial charge in [-0.1, -0.05) is 19.1 Å². The Bertz CT molecular complexity index is 307. The lowest BCUT2D eigenvalue weighted by atomic mass is 10.1. The number of carbonyl (C=O) groups excluding carboxylic acids is 1. The summed E-state index contributed by atoms with van der Waals surface area (Å²) in [6.45, 7) is 1.87. The molecule has 0 N–H and O–H groups in total. The molecule has 0 bridgehead atoms. The van der Waals surface area contributed by atoms with Crippen LogP contribution in [-0.4, -0.2) is 5.78 Å². The summed E-state index contributed by atoms with van der Waals surface area (Å²) in [7, 11) is 0. The second-order valence-electron chi connectivity index (χ2n) is 3.38. The van der Waals surface area contributed by atoms with Gasteiger partial charge >= 0.3 is 0 Å². The zero-order valence-corrected chi connectivity index (χ0v) is 8.42. The number of hydrogen-bond acceptors (Lipinski definition) is 1. The molecule has 1 aromatic carbocycles. The van der Waals surface area contributed by atoms with Crippen LogP contribution in [0.25, 0.3) is 0 Å². The second-order valence-corrected chi connectivity index (χ2v) is 3.38. The van der Waals surface area contributed by atoms with Gasteiger partial charge in [-0.3, -0.25) is 4.79 Å². The molecular weight excluding hydrogens is 179 g/mol. The van der Waals surface area contributed by atoms with E-state index in [0.717, 1.165) is 18.4 Å². The van der Waals surface area contributed by atoms with Gasteiger partial charge in [0.15, 0.2) is 0 Å². The summed E-state index contributed by atoms with van der Waals surface area (Å²) in [5, 5.41) is 0. The average molecular weight is 194 g/mol. The van der Waals surface area contributed by atoms with Crippen LogP contribution >= 0.6 is 0 Å². The van der Waals surface area contributed by atoms with E-state index in [9.17, 15) is 9.18 Å². The van der Waals surface area contributed by atoms with Crippen LogP contribution in [0, 0.1) is 5.82 Å². The van der Waals surface area contributed by atoms with Gasteiger partial charge in [-0.15, -0.1) is 0 Å². The third-order valence-electron chi connectivity index (χ3n) is 2.20. The molecule has 0 saturated carbocycles. The van der Waals surface area contributed by atoms with Gasteiger partial charge in [-0.05, 0) is 30.5 Å². The standard InChI is InChI=1S/C12H15FO/c1-2-12(14)8-4-6-10-5-3-7-11(13)9-10/h3,5,7,9H,2,4,6,8H2,1H3. The zero-order valence-electron chi connectivity index (χ0n) is 8.42. The molecule has 1 aromatic rings. The van der Waals surface area contributed by atoms with Crippen LogP contribution in [0.2, 0.25) is 0 Å². The molecule has 0 atom stereocenters. The summed E-state index contributed by atoms with van der Waals surface area (Å²) in [5.74, 6) is 0.0747. The predicted octanol–water partition coefficient (Wildman–Crippen LogP) is 3.13. The highest BCUT2D eigenvalue weighted by molar-refractivity contribution is 5.77. The van der Waals surface area contributed by atoms with E-state index in [0.29, 0.717) is 12.8 Å². The van der Waals surface area contributed by atoms with Crippen LogP contribution in [-0.2, 0) is 11.2 Å². The molecule has 0 amide bonds. The molecule has 76 valence electrons. The Morgan fingerprint density at radius 2 is 2.21 bits per heavy atom. The number of hydrogen-bond donors (Lipinski definition) is 0. The quantitative estimate of drug-likeness (QED) is 0.703. The lowest BCUT2D eigenvalue weighted by Crippen LogP contribution is -1.96. The predicted molar refractivity (Wildman–Crippen MR) is 54.6 cm³/mol. The van der Waals surface area contributed by atoms with Gasteiger partial charge in [0.2, 0.25) is 0 Å². The molecule has 0 unspecified atom stereocenters. The molecule has 0 aliphatic heterocycles. The van der Waals surface area contributed by atoms with Gasteiger partial charge in [-0.25, -0.2) is 4.39 Å². The molecule has 1 rings (SSSR count). The molecule has 0 aliphatic carbocycles. The van der Waals surface area contributed by atoms with E-state index in [4.69, 9.17) is 0 Å². The Balaban J connectivity index is 2.35. The number of benzene rings is 1. The Kier molecular flexibility index (Phi) is 4.30. The van der Waals surface area contributed by atoms with Gasteiger partial charge in [0, 0.05) is 12.8 Å². The number of ketones is 1. The fraction of sp³-hybridized carbons (Fsp3) is 0.417. The minimum absolute atomic E-state index is 0.204. The largest absolute Gasteiger partial charge is 0.300 e. The normalized spacial score (nSPS) is 10.1. The van der Waals surface area contributed by atoms with Crippen LogP contribution < -0.4 is 0 Å². The number of halogens is 1. The van der Waals surface area contributed by atoms with Crippen molar-refractivity contribution in [2.45, 2.75) is 32.6 Å². The van der Waals surface area contributed by atoms with Gasteiger partial charge < -0.3 is 0 Å². The highest BCUT2D eigenvalue weighted by Crippen LogP contribution is 2.08. The van der Waals surface area contributed by atoms with E-state index in [-0.39, 0.29) is 11.6 Å². The van der Waals surface area contributed by atoms with Crippen molar-refractivity contribution in [1.29, 1.82) is 0 Å². The molecule has 0 spiro atoms. The van der Waals surface area contributed by atoms with Gasteiger partial charge in [0.05, 0.1) is 0 Å². The molecule has 2 heteroatoms. The lowest BCUT2D eigenvalue weighted by molar-refractivity contribution is -0.118. The van der Waals surface area contributed by atoms with Crippen molar-refractivity contribution in [1.82, 2.24) is 0 Å². The topological polar surface area (TPSA) is 17.1 Å². The molecule has 0 aromatic heterocycles. The van der Waals surface area contributed by atoms with Crippen molar-refractivity contribution in [3.8, 4) is 0 Å². The van der Waals surface area contributed by atoms with Gasteiger partial charge in [-0.2, -0.15) is 0 Å². The fourth-order valence-electron chi connectivity index (χ4n) is 1.36. The first-order valence-corrected chi connectivity index (χ1v) is 4.98. The number of carbonyl (C=O) groups is 1.